The summed E-state index contributed by atoms with van der Waals surface area (Å²) in [4.78, 5) is 0. The fraction of sp³-hybridized carbons (Fsp3) is 0.700. The molecule has 0 aromatic carbocycles. The molecule has 0 amide bonds. The first-order chi connectivity index (χ1) is 6.81. The van der Waals surface area contributed by atoms with Crippen LogP contribution in [0.25, 0.3) is 0 Å². The Morgan fingerprint density at radius 1 is 1.64 bits per heavy atom. The second kappa shape index (κ2) is 4.00. The Bertz CT molecular complexity index is 302. The van der Waals surface area contributed by atoms with E-state index in [-0.39, 0.29) is 0 Å². The van der Waals surface area contributed by atoms with Crippen LogP contribution in [0, 0.1) is 5.92 Å². The first-order valence-electron chi connectivity index (χ1n) is 5.20. The molecule has 2 heterocycles. The molecule has 0 spiro atoms. The topological polar surface area (TPSA) is 63.9 Å². The quantitative estimate of drug-likeness (QED) is 0.760. The molecule has 0 bridgehead atoms. The van der Waals surface area contributed by atoms with E-state index in [1.165, 1.54) is 11.3 Å². The van der Waals surface area contributed by atoms with Crippen LogP contribution in [-0.4, -0.2) is 23.4 Å². The third kappa shape index (κ3) is 1.75. The van der Waals surface area contributed by atoms with E-state index in [0.717, 1.165) is 32.5 Å². The van der Waals surface area contributed by atoms with Crippen LogP contribution < -0.4 is 5.73 Å². The molecule has 1 atom stereocenters. The van der Waals surface area contributed by atoms with Crippen molar-refractivity contribution in [2.45, 2.75) is 26.2 Å². The number of nitrogens with one attached hydrogen (secondary N) is 1. The number of nitrogen functional groups attached to an aromatic ring is 1. The number of aromatic nitrogens is 2. The van der Waals surface area contributed by atoms with Gasteiger partial charge in [-0.25, -0.2) is 0 Å². The Labute approximate surface area is 83.8 Å². The zero-order valence-electron chi connectivity index (χ0n) is 8.55. The van der Waals surface area contributed by atoms with Gasteiger partial charge in [0.25, 0.3) is 0 Å². The molecule has 2 rings (SSSR count). The van der Waals surface area contributed by atoms with Gasteiger partial charge >= 0.3 is 0 Å². The van der Waals surface area contributed by atoms with Gasteiger partial charge in [-0.3, -0.25) is 5.10 Å². The summed E-state index contributed by atoms with van der Waals surface area (Å²) in [6, 6.07) is 0. The van der Waals surface area contributed by atoms with E-state index in [4.69, 9.17) is 10.5 Å². The zero-order valence-corrected chi connectivity index (χ0v) is 8.55. The maximum Gasteiger partial charge on any atom is 0.148 e. The highest BCUT2D eigenvalue weighted by Gasteiger charge is 2.19. The molecule has 1 unspecified atom stereocenters. The standard InChI is InChI=1S/C10H17N3O/c1-2-8-9(12-13-10(8)11)5-7-3-4-14-6-7/h7H,2-6H2,1H3,(H3,11,12,13). The number of anilines is 1. The second-order valence-electron chi connectivity index (χ2n) is 3.85. The van der Waals surface area contributed by atoms with E-state index in [1.54, 1.807) is 0 Å². The SMILES string of the molecule is CCc1c(N)n[nH]c1CC1CCOC1. The summed E-state index contributed by atoms with van der Waals surface area (Å²) in [5.41, 5.74) is 8.13. The third-order valence-electron chi connectivity index (χ3n) is 2.86. The van der Waals surface area contributed by atoms with Crippen molar-refractivity contribution in [2.24, 2.45) is 5.92 Å². The van der Waals surface area contributed by atoms with Crippen LogP contribution in [0.3, 0.4) is 0 Å². The Kier molecular flexibility index (Phi) is 2.72. The van der Waals surface area contributed by atoms with Gasteiger partial charge in [0, 0.05) is 24.5 Å². The van der Waals surface area contributed by atoms with E-state index in [2.05, 4.69) is 17.1 Å². The van der Waals surface area contributed by atoms with E-state index in [1.807, 2.05) is 0 Å². The lowest BCUT2D eigenvalue weighted by atomic mass is 9.99. The smallest absolute Gasteiger partial charge is 0.148 e. The fourth-order valence-electron chi connectivity index (χ4n) is 2.01. The summed E-state index contributed by atoms with van der Waals surface area (Å²) in [6.45, 7) is 3.88. The lowest BCUT2D eigenvalue weighted by Gasteiger charge is -2.06. The molecular formula is C10H17N3O. The number of hydrogen-bond acceptors (Lipinski definition) is 3. The third-order valence-corrected chi connectivity index (χ3v) is 2.86. The van der Waals surface area contributed by atoms with E-state index in [9.17, 15) is 0 Å². The number of H-pyrrole nitrogens is 1. The van der Waals surface area contributed by atoms with Crippen LogP contribution in [0.5, 0.6) is 0 Å². The number of aromatic amines is 1. The van der Waals surface area contributed by atoms with Crippen molar-refractivity contribution >= 4 is 5.82 Å². The Morgan fingerprint density at radius 2 is 2.50 bits per heavy atom. The number of rotatable bonds is 3. The first kappa shape index (κ1) is 9.52. The molecule has 1 saturated heterocycles. The molecule has 0 radical (unpaired) electrons. The van der Waals surface area contributed by atoms with Crippen LogP contribution in [0.1, 0.15) is 24.6 Å². The Morgan fingerprint density at radius 3 is 3.14 bits per heavy atom. The van der Waals surface area contributed by atoms with Crippen LogP contribution in [-0.2, 0) is 17.6 Å². The molecule has 1 aliphatic rings. The van der Waals surface area contributed by atoms with Crippen molar-refractivity contribution in [1.82, 2.24) is 10.2 Å². The summed E-state index contributed by atoms with van der Waals surface area (Å²) >= 11 is 0. The van der Waals surface area contributed by atoms with E-state index < -0.39 is 0 Å². The van der Waals surface area contributed by atoms with E-state index >= 15 is 0 Å². The highest BCUT2D eigenvalue weighted by Crippen LogP contribution is 2.22. The molecule has 4 heteroatoms. The fourth-order valence-corrected chi connectivity index (χ4v) is 2.01. The Hall–Kier alpha value is -1.03. The minimum absolute atomic E-state index is 0.639. The summed E-state index contributed by atoms with van der Waals surface area (Å²) in [7, 11) is 0. The summed E-state index contributed by atoms with van der Waals surface area (Å²) in [5, 5.41) is 7.06. The van der Waals surface area contributed by atoms with Crippen LogP contribution in [0.2, 0.25) is 0 Å². The number of hydrogen-bond donors (Lipinski definition) is 2. The molecular weight excluding hydrogens is 178 g/mol. The van der Waals surface area contributed by atoms with Crippen LogP contribution in [0.15, 0.2) is 0 Å². The van der Waals surface area contributed by atoms with Gasteiger partial charge in [-0.1, -0.05) is 6.92 Å². The molecule has 78 valence electrons. The molecule has 3 N–H and O–H groups in total. The lowest BCUT2D eigenvalue weighted by molar-refractivity contribution is 0.185. The molecule has 0 saturated carbocycles. The number of ether oxygens (including phenoxy) is 1. The van der Waals surface area contributed by atoms with Gasteiger partial charge in [0.1, 0.15) is 5.82 Å². The lowest BCUT2D eigenvalue weighted by Crippen LogP contribution is -2.06. The molecule has 1 aliphatic heterocycles. The van der Waals surface area contributed by atoms with Gasteiger partial charge in [-0.2, -0.15) is 5.10 Å². The molecule has 14 heavy (non-hydrogen) atoms. The number of nitrogens with two attached hydrogens (primary N) is 1. The van der Waals surface area contributed by atoms with Crippen LogP contribution in [0.4, 0.5) is 5.82 Å². The summed E-state index contributed by atoms with van der Waals surface area (Å²) in [6.07, 6.45) is 3.13. The van der Waals surface area contributed by atoms with E-state index in [0.29, 0.717) is 11.7 Å². The average molecular weight is 195 g/mol. The van der Waals surface area contributed by atoms with Gasteiger partial charge in [0.05, 0.1) is 0 Å². The average Bonchev–Trinajstić information content (AvgIpc) is 2.77. The molecule has 1 aromatic rings. The predicted octanol–water partition coefficient (Wildman–Crippen LogP) is 1.13. The normalized spacial score (nSPS) is 21.6. The highest BCUT2D eigenvalue weighted by molar-refractivity contribution is 5.42. The van der Waals surface area contributed by atoms with Gasteiger partial charge in [-0.05, 0) is 25.2 Å². The second-order valence-corrected chi connectivity index (χ2v) is 3.85. The van der Waals surface area contributed by atoms with Crippen molar-refractivity contribution < 1.29 is 4.74 Å². The van der Waals surface area contributed by atoms with Gasteiger partial charge in [0.2, 0.25) is 0 Å². The highest BCUT2D eigenvalue weighted by atomic mass is 16.5. The predicted molar refractivity (Wildman–Crippen MR) is 55.0 cm³/mol. The minimum Gasteiger partial charge on any atom is -0.382 e. The van der Waals surface area contributed by atoms with Crippen molar-refractivity contribution in [3.8, 4) is 0 Å². The minimum atomic E-state index is 0.639. The van der Waals surface area contributed by atoms with Gasteiger partial charge in [-0.15, -0.1) is 0 Å². The molecule has 4 nitrogen and oxygen atoms in total. The Balaban J connectivity index is 2.07. The summed E-state index contributed by atoms with van der Waals surface area (Å²) < 4.78 is 5.34. The van der Waals surface area contributed by atoms with Crippen molar-refractivity contribution in [1.29, 1.82) is 0 Å². The summed E-state index contributed by atoms with van der Waals surface area (Å²) in [5.74, 6) is 1.29. The molecule has 0 aliphatic carbocycles. The zero-order chi connectivity index (χ0) is 9.97. The largest absolute Gasteiger partial charge is 0.382 e. The van der Waals surface area contributed by atoms with Gasteiger partial charge < -0.3 is 10.5 Å². The maximum atomic E-state index is 5.75. The monoisotopic (exact) mass is 195 g/mol. The van der Waals surface area contributed by atoms with Crippen molar-refractivity contribution in [3.63, 3.8) is 0 Å². The molecule has 1 aromatic heterocycles. The number of nitrogens with zero attached hydrogens (tertiary/aromatic N) is 1. The van der Waals surface area contributed by atoms with Crippen molar-refractivity contribution in [2.75, 3.05) is 18.9 Å². The van der Waals surface area contributed by atoms with Crippen molar-refractivity contribution in [3.05, 3.63) is 11.3 Å². The molecule has 1 fully saturated rings. The first-order valence-corrected chi connectivity index (χ1v) is 5.20. The van der Waals surface area contributed by atoms with Crippen LogP contribution >= 0.6 is 0 Å². The van der Waals surface area contributed by atoms with Gasteiger partial charge in [0.15, 0.2) is 0 Å². The maximum absolute atomic E-state index is 5.75.